The summed E-state index contributed by atoms with van der Waals surface area (Å²) in [7, 11) is 1.80. The monoisotopic (exact) mass is 428 g/mol. The van der Waals surface area contributed by atoms with E-state index in [1.165, 1.54) is 13.1 Å². The largest absolute Gasteiger partial charge is 0.294 e. The van der Waals surface area contributed by atoms with Crippen molar-refractivity contribution >= 4 is 17.3 Å². The highest BCUT2D eigenvalue weighted by molar-refractivity contribution is 5.95. The molecule has 3 rings (SSSR count). The van der Waals surface area contributed by atoms with Crippen LogP contribution >= 0.6 is 0 Å². The maximum absolute atomic E-state index is 11.0. The van der Waals surface area contributed by atoms with Crippen LogP contribution < -0.4 is 0 Å². The Morgan fingerprint density at radius 2 is 1.32 bits per heavy atom. The van der Waals surface area contributed by atoms with E-state index < -0.39 is 0 Å². The fourth-order valence-corrected chi connectivity index (χ4v) is 2.74. The van der Waals surface area contributed by atoms with Crippen LogP contribution in [0, 0.1) is 20.8 Å². The van der Waals surface area contributed by atoms with Gasteiger partial charge in [-0.05, 0) is 55.4 Å². The van der Waals surface area contributed by atoms with E-state index in [1.54, 1.807) is 31.8 Å². The smallest absolute Gasteiger partial charge is 0.163 e. The maximum atomic E-state index is 11.0. The Labute approximate surface area is 182 Å². The van der Waals surface area contributed by atoms with Gasteiger partial charge in [-0.2, -0.15) is 15.3 Å². The van der Waals surface area contributed by atoms with Crippen LogP contribution in [-0.4, -0.2) is 47.1 Å². The summed E-state index contributed by atoms with van der Waals surface area (Å²) in [4.78, 5) is 32.5. The number of rotatable bonds is 4. The van der Waals surface area contributed by atoms with Gasteiger partial charge in [0.25, 0.3) is 0 Å². The highest BCUT2D eigenvalue weighted by Gasteiger charge is 2.10. The number of aromatic amines is 1. The summed E-state index contributed by atoms with van der Waals surface area (Å²) in [6.07, 6.45) is 5.08. The van der Waals surface area contributed by atoms with Crippen LogP contribution in [0.2, 0.25) is 0 Å². The van der Waals surface area contributed by atoms with Crippen molar-refractivity contribution in [3.63, 3.8) is 0 Å². The van der Waals surface area contributed by atoms with Crippen LogP contribution in [-0.2, 0) is 7.05 Å². The zero-order chi connectivity index (χ0) is 23.9. The SMILES string of the molecule is CC(=O)c1cn(C(C)C)nc1C.CC(=O)c1cn(C)nc1C.CC(=O)c1cn[nH]c1C. The number of carbonyl (C=O) groups is 3. The molecule has 0 aromatic carbocycles. The molecule has 9 heteroatoms. The molecule has 0 aliphatic carbocycles. The van der Waals surface area contributed by atoms with E-state index in [9.17, 15) is 14.4 Å². The normalized spacial score (nSPS) is 10.1. The van der Waals surface area contributed by atoms with E-state index in [2.05, 4.69) is 20.4 Å². The van der Waals surface area contributed by atoms with E-state index in [4.69, 9.17) is 0 Å². The Morgan fingerprint density at radius 1 is 0.839 bits per heavy atom. The number of H-pyrrole nitrogens is 1. The number of carbonyl (C=O) groups excluding carboxylic acids is 3. The van der Waals surface area contributed by atoms with Crippen LogP contribution in [0.5, 0.6) is 0 Å². The van der Waals surface area contributed by atoms with Gasteiger partial charge >= 0.3 is 0 Å². The first-order valence-corrected chi connectivity index (χ1v) is 9.93. The molecule has 0 bridgehead atoms. The second-order valence-electron chi connectivity index (χ2n) is 7.58. The first kappa shape index (κ1) is 25.7. The number of aryl methyl sites for hydroxylation is 4. The van der Waals surface area contributed by atoms with Gasteiger partial charge in [0.15, 0.2) is 17.3 Å². The van der Waals surface area contributed by atoms with Crippen LogP contribution in [0.15, 0.2) is 18.6 Å². The average molecular weight is 429 g/mol. The Balaban J connectivity index is 0.000000235. The maximum Gasteiger partial charge on any atom is 0.163 e. The molecule has 0 fully saturated rings. The summed E-state index contributed by atoms with van der Waals surface area (Å²) < 4.78 is 3.46. The number of aromatic nitrogens is 6. The molecule has 0 atom stereocenters. The summed E-state index contributed by atoms with van der Waals surface area (Å²) in [6, 6.07) is 0.316. The molecule has 168 valence electrons. The minimum Gasteiger partial charge on any atom is -0.294 e. The molecule has 31 heavy (non-hydrogen) atoms. The van der Waals surface area contributed by atoms with Crippen LogP contribution in [0.1, 0.15) is 88.8 Å². The van der Waals surface area contributed by atoms with Crippen LogP contribution in [0.25, 0.3) is 0 Å². The Morgan fingerprint density at radius 3 is 1.55 bits per heavy atom. The van der Waals surface area contributed by atoms with E-state index >= 15 is 0 Å². The number of hydrogen-bond donors (Lipinski definition) is 1. The molecule has 3 aromatic heterocycles. The molecule has 0 saturated carbocycles. The van der Waals surface area contributed by atoms with Gasteiger partial charge in [-0.1, -0.05) is 0 Å². The lowest BCUT2D eigenvalue weighted by molar-refractivity contribution is 0.100. The minimum atomic E-state index is 0.0567. The standard InChI is InChI=1S/C9H14N2O.C7H10N2O.C6H8N2O/c1-6(2)11-5-9(8(4)12)7(3)10-11;1-5-7(6(2)10)4-9(3)8-5;1-4-6(5(2)9)3-7-8-4/h5-6H,1-4H3;4H,1-3H3;3H,1-2H3,(H,7,8). The second kappa shape index (κ2) is 11.1. The van der Waals surface area contributed by atoms with Crippen molar-refractivity contribution in [2.45, 2.75) is 61.4 Å². The summed E-state index contributed by atoms with van der Waals surface area (Å²) in [5, 5.41) is 14.6. The topological polar surface area (TPSA) is 116 Å². The van der Waals surface area contributed by atoms with Crippen LogP contribution in [0.4, 0.5) is 0 Å². The Bertz CT molecular complexity index is 1060. The van der Waals surface area contributed by atoms with E-state index in [-0.39, 0.29) is 17.3 Å². The molecule has 0 amide bonds. The lowest BCUT2D eigenvalue weighted by atomic mass is 10.2. The molecule has 1 N–H and O–H groups in total. The lowest BCUT2D eigenvalue weighted by Gasteiger charge is -2.02. The van der Waals surface area contributed by atoms with Gasteiger partial charge in [0, 0.05) is 31.2 Å². The molecule has 3 aromatic rings. The van der Waals surface area contributed by atoms with Crippen molar-refractivity contribution in [1.29, 1.82) is 0 Å². The third-order valence-electron chi connectivity index (χ3n) is 4.43. The van der Waals surface area contributed by atoms with E-state index in [0.717, 1.165) is 22.6 Å². The van der Waals surface area contributed by atoms with Crippen molar-refractivity contribution in [2.24, 2.45) is 7.05 Å². The molecular weight excluding hydrogens is 396 g/mol. The van der Waals surface area contributed by atoms with Crippen molar-refractivity contribution in [2.75, 3.05) is 0 Å². The fourth-order valence-electron chi connectivity index (χ4n) is 2.74. The van der Waals surface area contributed by atoms with Gasteiger partial charge in [-0.15, -0.1) is 0 Å². The predicted octanol–water partition coefficient (Wildman–Crippen LogP) is 3.83. The van der Waals surface area contributed by atoms with Gasteiger partial charge in [0.05, 0.1) is 34.3 Å². The predicted molar refractivity (Wildman–Crippen MR) is 119 cm³/mol. The zero-order valence-corrected chi connectivity index (χ0v) is 19.8. The number of Topliss-reactive ketones (excluding diaryl/α,β-unsaturated/α-hetero) is 3. The number of nitrogens with one attached hydrogen (secondary N) is 1. The Kier molecular flexibility index (Phi) is 9.23. The van der Waals surface area contributed by atoms with Crippen molar-refractivity contribution in [3.8, 4) is 0 Å². The number of nitrogens with zero attached hydrogens (tertiary/aromatic N) is 5. The van der Waals surface area contributed by atoms with E-state index in [0.29, 0.717) is 17.2 Å². The second-order valence-corrected chi connectivity index (χ2v) is 7.58. The highest BCUT2D eigenvalue weighted by Crippen LogP contribution is 2.10. The van der Waals surface area contributed by atoms with Crippen LogP contribution in [0.3, 0.4) is 0 Å². The summed E-state index contributed by atoms with van der Waals surface area (Å²) in [5.41, 5.74) is 4.56. The van der Waals surface area contributed by atoms with Gasteiger partial charge in [0.1, 0.15) is 0 Å². The number of ketones is 3. The quantitative estimate of drug-likeness (QED) is 0.632. The van der Waals surface area contributed by atoms with Crippen molar-refractivity contribution < 1.29 is 14.4 Å². The molecule has 0 saturated heterocycles. The molecule has 3 heterocycles. The highest BCUT2D eigenvalue weighted by atomic mass is 16.1. The van der Waals surface area contributed by atoms with Gasteiger partial charge in [-0.25, -0.2) is 0 Å². The lowest BCUT2D eigenvalue weighted by Crippen LogP contribution is -2.00. The van der Waals surface area contributed by atoms with E-state index in [1.807, 2.05) is 45.5 Å². The van der Waals surface area contributed by atoms with Gasteiger partial charge < -0.3 is 0 Å². The molecule has 0 radical (unpaired) electrons. The molecular formula is C22H32N6O3. The first-order valence-electron chi connectivity index (χ1n) is 9.93. The Hall–Kier alpha value is -3.36. The average Bonchev–Trinajstić information content (AvgIpc) is 3.34. The van der Waals surface area contributed by atoms with Gasteiger partial charge in [-0.3, -0.25) is 28.8 Å². The summed E-state index contributed by atoms with van der Waals surface area (Å²) >= 11 is 0. The molecule has 0 aliphatic rings. The third-order valence-corrected chi connectivity index (χ3v) is 4.43. The van der Waals surface area contributed by atoms with Crippen molar-refractivity contribution in [3.05, 3.63) is 52.4 Å². The first-order chi connectivity index (χ1) is 14.3. The number of hydrogen-bond acceptors (Lipinski definition) is 6. The molecule has 0 unspecified atom stereocenters. The summed E-state index contributed by atoms with van der Waals surface area (Å²) in [6.45, 7) is 14.2. The molecule has 0 aliphatic heterocycles. The zero-order valence-electron chi connectivity index (χ0n) is 19.8. The molecule has 0 spiro atoms. The summed E-state index contributed by atoms with van der Waals surface area (Å²) in [5.74, 6) is 0.214. The van der Waals surface area contributed by atoms with Crippen molar-refractivity contribution in [1.82, 2.24) is 29.8 Å². The third kappa shape index (κ3) is 7.44. The minimum absolute atomic E-state index is 0.0567. The van der Waals surface area contributed by atoms with Gasteiger partial charge in [0.2, 0.25) is 0 Å². The molecule has 9 nitrogen and oxygen atoms in total. The fraction of sp³-hybridized carbons (Fsp3) is 0.455.